The van der Waals surface area contributed by atoms with Gasteiger partial charge in [-0.3, -0.25) is 0 Å². The second-order valence-corrected chi connectivity index (χ2v) is 5.26. The van der Waals surface area contributed by atoms with Gasteiger partial charge in [-0.1, -0.05) is 11.6 Å². The Hall–Kier alpha value is -0.870. The molecule has 1 aromatic rings. The van der Waals surface area contributed by atoms with Gasteiger partial charge in [-0.25, -0.2) is 4.79 Å². The summed E-state index contributed by atoms with van der Waals surface area (Å²) in [6.07, 6.45) is 1.12. The van der Waals surface area contributed by atoms with Gasteiger partial charge < -0.3 is 10.4 Å². The standard InChI is InChI=1S/C11H12ClNO2S/c12-10-2-1-7(5-9(10)11(14)15)13-8-3-4-16-6-8/h1-2,5,8,13H,3-4,6H2,(H,14,15). The van der Waals surface area contributed by atoms with Crippen molar-refractivity contribution in [2.24, 2.45) is 0 Å². The summed E-state index contributed by atoms with van der Waals surface area (Å²) >= 11 is 7.71. The third-order valence-corrected chi connectivity index (χ3v) is 3.99. The Bertz CT molecular complexity index is 405. The van der Waals surface area contributed by atoms with Gasteiger partial charge in [0, 0.05) is 17.5 Å². The number of rotatable bonds is 3. The number of benzene rings is 1. The van der Waals surface area contributed by atoms with Gasteiger partial charge in [0.1, 0.15) is 0 Å². The van der Waals surface area contributed by atoms with Crippen molar-refractivity contribution in [3.8, 4) is 0 Å². The molecule has 2 rings (SSSR count). The van der Waals surface area contributed by atoms with Gasteiger partial charge in [-0.2, -0.15) is 11.8 Å². The average Bonchev–Trinajstić information content (AvgIpc) is 2.73. The predicted molar refractivity (Wildman–Crippen MR) is 67.8 cm³/mol. The molecule has 0 saturated carbocycles. The molecular formula is C11H12ClNO2S. The van der Waals surface area contributed by atoms with Crippen molar-refractivity contribution in [2.45, 2.75) is 12.5 Å². The van der Waals surface area contributed by atoms with E-state index in [0.717, 1.165) is 23.6 Å². The highest BCUT2D eigenvalue weighted by Gasteiger charge is 2.16. The first-order valence-corrected chi connectivity index (χ1v) is 6.57. The lowest BCUT2D eigenvalue weighted by atomic mass is 10.1. The SMILES string of the molecule is O=C(O)c1cc(NC2CCSC2)ccc1Cl. The van der Waals surface area contributed by atoms with E-state index in [1.54, 1.807) is 12.1 Å². The Kier molecular flexibility index (Phi) is 3.61. The van der Waals surface area contributed by atoms with E-state index in [-0.39, 0.29) is 10.6 Å². The fraction of sp³-hybridized carbons (Fsp3) is 0.364. The molecule has 1 unspecified atom stereocenters. The first kappa shape index (κ1) is 11.6. The molecule has 0 spiro atoms. The quantitative estimate of drug-likeness (QED) is 0.874. The molecular weight excluding hydrogens is 246 g/mol. The van der Waals surface area contributed by atoms with Crippen LogP contribution in [0.2, 0.25) is 5.02 Å². The van der Waals surface area contributed by atoms with Crippen molar-refractivity contribution in [2.75, 3.05) is 16.8 Å². The van der Waals surface area contributed by atoms with Crippen LogP contribution in [-0.2, 0) is 0 Å². The summed E-state index contributed by atoms with van der Waals surface area (Å²) in [4.78, 5) is 10.9. The van der Waals surface area contributed by atoms with Gasteiger partial charge in [-0.05, 0) is 30.4 Å². The van der Waals surface area contributed by atoms with E-state index >= 15 is 0 Å². The summed E-state index contributed by atoms with van der Waals surface area (Å²) in [7, 11) is 0. The minimum atomic E-state index is -0.991. The second kappa shape index (κ2) is 4.97. The number of carboxylic acids is 1. The lowest BCUT2D eigenvalue weighted by Gasteiger charge is -2.13. The number of hydrogen-bond acceptors (Lipinski definition) is 3. The number of anilines is 1. The molecule has 1 atom stereocenters. The van der Waals surface area contributed by atoms with Crippen LogP contribution in [0.1, 0.15) is 16.8 Å². The van der Waals surface area contributed by atoms with Crippen LogP contribution in [0.15, 0.2) is 18.2 Å². The molecule has 1 aromatic carbocycles. The van der Waals surface area contributed by atoms with Crippen LogP contribution in [0.3, 0.4) is 0 Å². The van der Waals surface area contributed by atoms with Gasteiger partial charge in [0.05, 0.1) is 10.6 Å². The van der Waals surface area contributed by atoms with Crippen LogP contribution < -0.4 is 5.32 Å². The van der Waals surface area contributed by atoms with Crippen LogP contribution in [0, 0.1) is 0 Å². The van der Waals surface area contributed by atoms with E-state index in [0.29, 0.717) is 6.04 Å². The van der Waals surface area contributed by atoms with E-state index in [1.807, 2.05) is 17.8 Å². The number of halogens is 1. The third-order valence-electron chi connectivity index (χ3n) is 2.50. The molecule has 0 bridgehead atoms. The maximum Gasteiger partial charge on any atom is 0.337 e. The van der Waals surface area contributed by atoms with Crippen LogP contribution in [0.25, 0.3) is 0 Å². The summed E-state index contributed by atoms with van der Waals surface area (Å²) in [6.45, 7) is 0. The number of aromatic carboxylic acids is 1. The zero-order chi connectivity index (χ0) is 11.5. The highest BCUT2D eigenvalue weighted by atomic mass is 35.5. The Labute approximate surface area is 103 Å². The van der Waals surface area contributed by atoms with Crippen molar-refractivity contribution in [1.29, 1.82) is 0 Å². The summed E-state index contributed by atoms with van der Waals surface area (Å²) in [6, 6.07) is 5.47. The molecule has 1 saturated heterocycles. The summed E-state index contributed by atoms with van der Waals surface area (Å²) in [5, 5.41) is 12.5. The molecule has 0 aromatic heterocycles. The number of carboxylic acid groups (broad SMARTS) is 1. The zero-order valence-corrected chi connectivity index (χ0v) is 10.1. The number of carbonyl (C=O) groups is 1. The number of thioether (sulfide) groups is 1. The van der Waals surface area contributed by atoms with Crippen LogP contribution in [-0.4, -0.2) is 28.6 Å². The Balaban J connectivity index is 2.15. The lowest BCUT2D eigenvalue weighted by molar-refractivity contribution is 0.0697. The molecule has 1 fully saturated rings. The molecule has 1 aliphatic heterocycles. The van der Waals surface area contributed by atoms with Gasteiger partial charge in [0.25, 0.3) is 0 Å². The highest BCUT2D eigenvalue weighted by molar-refractivity contribution is 7.99. The van der Waals surface area contributed by atoms with Gasteiger partial charge >= 0.3 is 5.97 Å². The third kappa shape index (κ3) is 2.62. The first-order valence-electron chi connectivity index (χ1n) is 5.04. The lowest BCUT2D eigenvalue weighted by Crippen LogP contribution is -2.18. The van der Waals surface area contributed by atoms with Crippen molar-refractivity contribution in [1.82, 2.24) is 0 Å². The van der Waals surface area contributed by atoms with Gasteiger partial charge in [0.2, 0.25) is 0 Å². The predicted octanol–water partition coefficient (Wildman–Crippen LogP) is 2.96. The molecule has 3 nitrogen and oxygen atoms in total. The maximum absolute atomic E-state index is 10.9. The summed E-state index contributed by atoms with van der Waals surface area (Å²) < 4.78 is 0. The van der Waals surface area contributed by atoms with E-state index in [9.17, 15) is 4.79 Å². The largest absolute Gasteiger partial charge is 0.478 e. The Morgan fingerprint density at radius 3 is 3.00 bits per heavy atom. The van der Waals surface area contributed by atoms with E-state index < -0.39 is 5.97 Å². The number of nitrogens with one attached hydrogen (secondary N) is 1. The molecule has 16 heavy (non-hydrogen) atoms. The highest BCUT2D eigenvalue weighted by Crippen LogP contribution is 2.24. The van der Waals surface area contributed by atoms with Crippen molar-refractivity contribution >= 4 is 35.0 Å². The molecule has 86 valence electrons. The minimum absolute atomic E-state index is 0.150. The van der Waals surface area contributed by atoms with Crippen LogP contribution in [0.4, 0.5) is 5.69 Å². The average molecular weight is 258 g/mol. The minimum Gasteiger partial charge on any atom is -0.478 e. The van der Waals surface area contributed by atoms with Crippen LogP contribution >= 0.6 is 23.4 Å². The van der Waals surface area contributed by atoms with Crippen molar-refractivity contribution in [3.05, 3.63) is 28.8 Å². The van der Waals surface area contributed by atoms with E-state index in [2.05, 4.69) is 5.32 Å². The first-order chi connectivity index (χ1) is 7.66. The Morgan fingerprint density at radius 1 is 1.56 bits per heavy atom. The van der Waals surface area contributed by atoms with Crippen molar-refractivity contribution < 1.29 is 9.90 Å². The van der Waals surface area contributed by atoms with Crippen LogP contribution in [0.5, 0.6) is 0 Å². The van der Waals surface area contributed by atoms with Crippen molar-refractivity contribution in [3.63, 3.8) is 0 Å². The molecule has 5 heteroatoms. The Morgan fingerprint density at radius 2 is 2.38 bits per heavy atom. The molecule has 1 heterocycles. The topological polar surface area (TPSA) is 49.3 Å². The van der Waals surface area contributed by atoms with E-state index in [1.165, 1.54) is 0 Å². The fourth-order valence-corrected chi connectivity index (χ4v) is 3.01. The molecule has 0 radical (unpaired) electrons. The fourth-order valence-electron chi connectivity index (χ4n) is 1.66. The maximum atomic E-state index is 10.9. The normalized spacial score (nSPS) is 19.7. The molecule has 0 amide bonds. The monoisotopic (exact) mass is 257 g/mol. The summed E-state index contributed by atoms with van der Waals surface area (Å²) in [5.74, 6) is 1.25. The van der Waals surface area contributed by atoms with Gasteiger partial charge in [0.15, 0.2) is 0 Å². The molecule has 0 aliphatic carbocycles. The summed E-state index contributed by atoms with van der Waals surface area (Å²) in [5.41, 5.74) is 0.978. The number of hydrogen-bond donors (Lipinski definition) is 2. The molecule has 2 N–H and O–H groups in total. The smallest absolute Gasteiger partial charge is 0.337 e. The zero-order valence-electron chi connectivity index (χ0n) is 8.57. The van der Waals surface area contributed by atoms with Gasteiger partial charge in [-0.15, -0.1) is 0 Å². The second-order valence-electron chi connectivity index (χ2n) is 3.70. The van der Waals surface area contributed by atoms with E-state index in [4.69, 9.17) is 16.7 Å². The molecule has 1 aliphatic rings.